The molecule has 0 aromatic rings. The second-order valence-corrected chi connectivity index (χ2v) is 9.34. The molecule has 0 aliphatic carbocycles. The van der Waals surface area contributed by atoms with Gasteiger partial charge in [0.15, 0.2) is 0 Å². The lowest BCUT2D eigenvalue weighted by atomic mass is 9.94. The van der Waals surface area contributed by atoms with Gasteiger partial charge in [-0.1, -0.05) is 60.8 Å². The Morgan fingerprint density at radius 3 is 1.71 bits per heavy atom. The first-order valence-electron chi connectivity index (χ1n) is 12.5. The van der Waals surface area contributed by atoms with E-state index in [0.717, 1.165) is 6.42 Å². The van der Waals surface area contributed by atoms with Crippen molar-refractivity contribution in [2.45, 2.75) is 104 Å². The van der Waals surface area contributed by atoms with E-state index in [4.69, 9.17) is 11.5 Å². The summed E-state index contributed by atoms with van der Waals surface area (Å²) in [6.45, 7) is 11.5. The van der Waals surface area contributed by atoms with Crippen LogP contribution in [0.4, 0.5) is 0 Å². The third-order valence-electron chi connectivity index (χ3n) is 6.71. The summed E-state index contributed by atoms with van der Waals surface area (Å²) < 4.78 is 0. The van der Waals surface area contributed by atoms with Crippen LogP contribution < -0.4 is 27.4 Å². The van der Waals surface area contributed by atoms with Crippen LogP contribution >= 0.6 is 0 Å². The summed E-state index contributed by atoms with van der Waals surface area (Å²) >= 11 is 0. The number of carboxylic acid groups (broad SMARTS) is 1. The van der Waals surface area contributed by atoms with Crippen LogP contribution in [0.1, 0.15) is 80.1 Å². The van der Waals surface area contributed by atoms with Gasteiger partial charge in [0.1, 0.15) is 18.1 Å². The minimum absolute atomic E-state index is 0.0556. The van der Waals surface area contributed by atoms with Crippen molar-refractivity contribution in [1.29, 1.82) is 0 Å². The molecule has 0 aromatic heterocycles. The molecule has 0 heterocycles. The molecule has 0 spiro atoms. The van der Waals surface area contributed by atoms with E-state index in [1.54, 1.807) is 6.92 Å². The first-order valence-corrected chi connectivity index (χ1v) is 12.5. The van der Waals surface area contributed by atoms with Gasteiger partial charge in [0.05, 0.1) is 6.04 Å². The molecular weight excluding hydrogens is 438 g/mol. The highest BCUT2D eigenvalue weighted by Crippen LogP contribution is 2.13. The zero-order chi connectivity index (χ0) is 26.4. The number of amides is 3. The van der Waals surface area contributed by atoms with Crippen molar-refractivity contribution >= 4 is 23.7 Å². The van der Waals surface area contributed by atoms with Gasteiger partial charge in [-0.25, -0.2) is 4.79 Å². The summed E-state index contributed by atoms with van der Waals surface area (Å²) in [6, 6.07) is -3.64. The van der Waals surface area contributed by atoms with Crippen molar-refractivity contribution in [3.8, 4) is 0 Å². The molecule has 198 valence electrons. The van der Waals surface area contributed by atoms with Gasteiger partial charge in [-0.2, -0.15) is 0 Å². The van der Waals surface area contributed by atoms with E-state index in [0.29, 0.717) is 38.6 Å². The molecule has 0 aliphatic rings. The van der Waals surface area contributed by atoms with Crippen molar-refractivity contribution in [1.82, 2.24) is 16.0 Å². The number of carbonyl (C=O) groups is 4. The number of carboxylic acids is 1. The fraction of sp³-hybridized carbons (Fsp3) is 0.833. The Morgan fingerprint density at radius 2 is 1.24 bits per heavy atom. The second kappa shape index (κ2) is 16.4. The lowest BCUT2D eigenvalue weighted by Crippen LogP contribution is -2.59. The van der Waals surface area contributed by atoms with Crippen LogP contribution in [0.25, 0.3) is 0 Å². The van der Waals surface area contributed by atoms with Crippen LogP contribution in [0, 0.1) is 17.8 Å². The standard InChI is InChI=1S/C24H47N5O5/c1-7-14(4)18(26)22(31)27-17(12-10-11-13-25)21(30)28-19(15(5)8-2)23(32)29-20(24(33)34)16(6)9-3/h14-20H,7-13,25-26H2,1-6H3,(H,27,31)(H,28,30)(H,29,32)(H,33,34). The number of unbranched alkanes of at least 4 members (excludes halogenated alkanes) is 1. The van der Waals surface area contributed by atoms with Gasteiger partial charge in [-0.3, -0.25) is 14.4 Å². The third-order valence-corrected chi connectivity index (χ3v) is 6.71. The maximum atomic E-state index is 13.2. The summed E-state index contributed by atoms with van der Waals surface area (Å²) in [7, 11) is 0. The molecule has 0 aromatic carbocycles. The number of hydrogen-bond donors (Lipinski definition) is 6. The third kappa shape index (κ3) is 10.4. The molecule has 0 saturated heterocycles. The molecular formula is C24H47N5O5. The topological polar surface area (TPSA) is 177 Å². The maximum absolute atomic E-state index is 13.2. The molecule has 34 heavy (non-hydrogen) atoms. The normalized spacial score (nSPS) is 17.4. The molecule has 0 fully saturated rings. The fourth-order valence-electron chi connectivity index (χ4n) is 3.42. The first kappa shape index (κ1) is 31.8. The van der Waals surface area contributed by atoms with E-state index in [1.807, 2.05) is 34.6 Å². The molecule has 0 bridgehead atoms. The minimum atomic E-state index is -1.12. The number of hydrogen-bond acceptors (Lipinski definition) is 6. The molecule has 3 amide bonds. The number of rotatable bonds is 17. The largest absolute Gasteiger partial charge is 0.480 e. The van der Waals surface area contributed by atoms with Crippen molar-refractivity contribution in [2.75, 3.05) is 6.54 Å². The van der Waals surface area contributed by atoms with E-state index >= 15 is 0 Å². The Bertz CT molecular complexity index is 660. The van der Waals surface area contributed by atoms with Crippen LogP contribution in [-0.2, 0) is 19.2 Å². The Kier molecular flexibility index (Phi) is 15.4. The molecule has 0 radical (unpaired) electrons. The zero-order valence-electron chi connectivity index (χ0n) is 21.7. The van der Waals surface area contributed by atoms with Gasteiger partial charge in [-0.05, 0) is 43.6 Å². The Labute approximate surface area is 204 Å². The molecule has 7 unspecified atom stereocenters. The average molecular weight is 486 g/mol. The van der Waals surface area contributed by atoms with Gasteiger partial charge in [-0.15, -0.1) is 0 Å². The van der Waals surface area contributed by atoms with E-state index in [2.05, 4.69) is 16.0 Å². The first-order chi connectivity index (χ1) is 15.9. The zero-order valence-corrected chi connectivity index (χ0v) is 21.7. The number of nitrogens with one attached hydrogen (secondary N) is 3. The molecule has 7 atom stereocenters. The van der Waals surface area contributed by atoms with Crippen LogP contribution in [0.3, 0.4) is 0 Å². The quantitative estimate of drug-likeness (QED) is 0.167. The van der Waals surface area contributed by atoms with Crippen molar-refractivity contribution in [3.63, 3.8) is 0 Å². The summed E-state index contributed by atoms with van der Waals surface area (Å²) in [5.74, 6) is -3.19. The summed E-state index contributed by atoms with van der Waals surface area (Å²) in [6.07, 6.45) is 3.52. The van der Waals surface area contributed by atoms with E-state index in [-0.39, 0.29) is 17.8 Å². The Balaban J connectivity index is 5.63. The average Bonchev–Trinajstić information content (AvgIpc) is 2.82. The van der Waals surface area contributed by atoms with Crippen molar-refractivity contribution in [3.05, 3.63) is 0 Å². The molecule has 10 heteroatoms. The Morgan fingerprint density at radius 1 is 0.735 bits per heavy atom. The van der Waals surface area contributed by atoms with Crippen LogP contribution in [-0.4, -0.2) is 59.5 Å². The molecule has 0 aliphatic heterocycles. The van der Waals surface area contributed by atoms with E-state index in [9.17, 15) is 24.3 Å². The summed E-state index contributed by atoms with van der Waals surface area (Å²) in [5, 5.41) is 17.6. The lowest BCUT2D eigenvalue weighted by Gasteiger charge is -2.29. The fourth-order valence-corrected chi connectivity index (χ4v) is 3.42. The Hall–Kier alpha value is -2.20. The number of carbonyl (C=O) groups excluding carboxylic acids is 3. The van der Waals surface area contributed by atoms with Crippen molar-refractivity contribution in [2.24, 2.45) is 29.2 Å². The highest BCUT2D eigenvalue weighted by molar-refractivity contribution is 5.94. The summed E-state index contributed by atoms with van der Waals surface area (Å²) in [4.78, 5) is 50.5. The predicted octanol–water partition coefficient (Wildman–Crippen LogP) is 1.12. The van der Waals surface area contributed by atoms with Crippen molar-refractivity contribution < 1.29 is 24.3 Å². The minimum Gasteiger partial charge on any atom is -0.480 e. The molecule has 8 N–H and O–H groups in total. The number of nitrogens with two attached hydrogens (primary N) is 2. The second-order valence-electron chi connectivity index (χ2n) is 9.34. The SMILES string of the molecule is CCC(C)C(N)C(=O)NC(CCCCN)C(=O)NC(C(=O)NC(C(=O)O)C(C)CC)C(C)CC. The van der Waals surface area contributed by atoms with Gasteiger partial charge in [0, 0.05) is 0 Å². The maximum Gasteiger partial charge on any atom is 0.326 e. The van der Waals surface area contributed by atoms with E-state index < -0.39 is 47.9 Å². The molecule has 10 nitrogen and oxygen atoms in total. The number of aliphatic carboxylic acids is 1. The van der Waals surface area contributed by atoms with Gasteiger partial charge < -0.3 is 32.5 Å². The highest BCUT2D eigenvalue weighted by Gasteiger charge is 2.34. The van der Waals surface area contributed by atoms with Crippen LogP contribution in [0.15, 0.2) is 0 Å². The smallest absolute Gasteiger partial charge is 0.326 e. The highest BCUT2D eigenvalue weighted by atomic mass is 16.4. The van der Waals surface area contributed by atoms with Crippen LogP contribution in [0.5, 0.6) is 0 Å². The lowest BCUT2D eigenvalue weighted by molar-refractivity contribution is -0.144. The molecule has 0 saturated carbocycles. The predicted molar refractivity (Wildman–Crippen MR) is 133 cm³/mol. The van der Waals surface area contributed by atoms with Gasteiger partial charge in [0.2, 0.25) is 17.7 Å². The summed E-state index contributed by atoms with van der Waals surface area (Å²) in [5.41, 5.74) is 11.6. The van der Waals surface area contributed by atoms with Gasteiger partial charge in [0.25, 0.3) is 0 Å². The van der Waals surface area contributed by atoms with E-state index in [1.165, 1.54) is 0 Å². The van der Waals surface area contributed by atoms with Crippen LogP contribution in [0.2, 0.25) is 0 Å². The molecule has 0 rings (SSSR count). The van der Waals surface area contributed by atoms with Gasteiger partial charge >= 0.3 is 5.97 Å². The monoisotopic (exact) mass is 485 g/mol.